The third kappa shape index (κ3) is 3.91. The Morgan fingerprint density at radius 3 is 2.84 bits per heavy atom. The highest BCUT2D eigenvalue weighted by molar-refractivity contribution is 5.80. The Morgan fingerprint density at radius 2 is 2.26 bits per heavy atom. The number of nitrogens with one attached hydrogen (secondary N) is 1. The third-order valence-corrected chi connectivity index (χ3v) is 3.95. The smallest absolute Gasteiger partial charge is 0.327 e. The molecule has 110 valence electrons. The molecule has 0 aromatic heterocycles. The van der Waals surface area contributed by atoms with Gasteiger partial charge in [0.2, 0.25) is 0 Å². The molecule has 0 amide bonds. The molecule has 1 heterocycles. The number of nitrogens with zero attached hydrogens (tertiary/aromatic N) is 1. The molecule has 1 saturated heterocycles. The fraction of sp³-hybridized carbons (Fsp3) is 0.929. The van der Waals surface area contributed by atoms with E-state index in [0.717, 1.165) is 39.0 Å². The minimum absolute atomic E-state index is 0.168. The van der Waals surface area contributed by atoms with Crippen LogP contribution in [0.1, 0.15) is 33.1 Å². The number of carbonyl (C=O) groups is 1. The number of ether oxygens (including phenoxy) is 2. The summed E-state index contributed by atoms with van der Waals surface area (Å²) in [5, 5.41) is 3.44. The highest BCUT2D eigenvalue weighted by Crippen LogP contribution is 2.24. The van der Waals surface area contributed by atoms with Crippen LogP contribution in [0.2, 0.25) is 0 Å². The van der Waals surface area contributed by atoms with Crippen molar-refractivity contribution in [3.8, 4) is 0 Å². The Labute approximate surface area is 115 Å². The average Bonchev–Trinajstić information content (AvgIpc) is 3.21. The normalized spacial score (nSPS) is 27.8. The molecule has 2 unspecified atom stereocenters. The summed E-state index contributed by atoms with van der Waals surface area (Å²) in [7, 11) is 1.46. The number of hydrogen-bond acceptors (Lipinski definition) is 5. The van der Waals surface area contributed by atoms with E-state index in [1.807, 2.05) is 6.92 Å². The fourth-order valence-electron chi connectivity index (χ4n) is 2.69. The Hall–Kier alpha value is -0.650. The quantitative estimate of drug-likeness (QED) is 0.723. The van der Waals surface area contributed by atoms with Crippen LogP contribution in [0, 0.1) is 0 Å². The highest BCUT2D eigenvalue weighted by atomic mass is 16.5. The summed E-state index contributed by atoms with van der Waals surface area (Å²) in [6, 6.07) is 0.479. The lowest BCUT2D eigenvalue weighted by Gasteiger charge is -2.38. The molecule has 1 N–H and O–H groups in total. The van der Waals surface area contributed by atoms with Gasteiger partial charge in [0.05, 0.1) is 19.8 Å². The van der Waals surface area contributed by atoms with Gasteiger partial charge in [0.15, 0.2) is 0 Å². The van der Waals surface area contributed by atoms with Crippen LogP contribution in [0.15, 0.2) is 0 Å². The second-order valence-electron chi connectivity index (χ2n) is 5.88. The van der Waals surface area contributed by atoms with E-state index < -0.39 is 5.54 Å². The monoisotopic (exact) mass is 270 g/mol. The van der Waals surface area contributed by atoms with E-state index in [1.165, 1.54) is 7.11 Å². The van der Waals surface area contributed by atoms with Crippen LogP contribution in [0.25, 0.3) is 0 Å². The van der Waals surface area contributed by atoms with Crippen molar-refractivity contribution < 1.29 is 14.3 Å². The maximum atomic E-state index is 12.1. The number of methoxy groups -OCH3 is 1. The lowest BCUT2D eigenvalue weighted by molar-refractivity contribution is -0.149. The molecule has 19 heavy (non-hydrogen) atoms. The van der Waals surface area contributed by atoms with Crippen molar-refractivity contribution in [2.75, 3.05) is 33.4 Å². The Balaban J connectivity index is 1.96. The van der Waals surface area contributed by atoms with Gasteiger partial charge in [-0.05, 0) is 26.2 Å². The number of carbonyl (C=O) groups excluding carboxylic acids is 1. The highest BCUT2D eigenvalue weighted by Gasteiger charge is 2.41. The van der Waals surface area contributed by atoms with Crippen molar-refractivity contribution >= 4 is 5.97 Å². The van der Waals surface area contributed by atoms with Gasteiger partial charge in [-0.3, -0.25) is 15.0 Å². The predicted molar refractivity (Wildman–Crippen MR) is 73.0 cm³/mol. The van der Waals surface area contributed by atoms with Crippen LogP contribution in [-0.4, -0.2) is 61.9 Å². The van der Waals surface area contributed by atoms with Gasteiger partial charge in [-0.2, -0.15) is 0 Å². The SMILES string of the molecule is CCC1CN(CC(C)(NC2CC2)C(=O)OC)CCO1. The van der Waals surface area contributed by atoms with E-state index in [-0.39, 0.29) is 12.1 Å². The number of esters is 1. The van der Waals surface area contributed by atoms with Crippen molar-refractivity contribution in [2.45, 2.75) is 50.8 Å². The first-order valence-corrected chi connectivity index (χ1v) is 7.27. The summed E-state index contributed by atoms with van der Waals surface area (Å²) in [5.74, 6) is -0.168. The summed E-state index contributed by atoms with van der Waals surface area (Å²) >= 11 is 0. The zero-order valence-electron chi connectivity index (χ0n) is 12.3. The standard InChI is InChI=1S/C14H26N2O3/c1-4-12-9-16(7-8-19-12)10-14(2,13(17)18-3)15-11-5-6-11/h11-12,15H,4-10H2,1-3H3. The topological polar surface area (TPSA) is 50.8 Å². The van der Waals surface area contributed by atoms with E-state index >= 15 is 0 Å². The van der Waals surface area contributed by atoms with E-state index in [2.05, 4.69) is 17.1 Å². The van der Waals surface area contributed by atoms with Crippen molar-refractivity contribution in [1.82, 2.24) is 10.2 Å². The van der Waals surface area contributed by atoms with Crippen LogP contribution < -0.4 is 5.32 Å². The first-order valence-electron chi connectivity index (χ1n) is 7.27. The van der Waals surface area contributed by atoms with E-state index in [4.69, 9.17) is 9.47 Å². The number of rotatable bonds is 6. The second kappa shape index (κ2) is 6.20. The van der Waals surface area contributed by atoms with Crippen molar-refractivity contribution in [1.29, 1.82) is 0 Å². The summed E-state index contributed by atoms with van der Waals surface area (Å²) < 4.78 is 10.7. The minimum atomic E-state index is -0.606. The number of morpholine rings is 1. The van der Waals surface area contributed by atoms with Gasteiger partial charge < -0.3 is 9.47 Å². The average molecular weight is 270 g/mol. The van der Waals surface area contributed by atoms with Crippen LogP contribution in [0.5, 0.6) is 0 Å². The molecule has 0 spiro atoms. The molecule has 2 aliphatic rings. The Morgan fingerprint density at radius 1 is 1.53 bits per heavy atom. The molecule has 2 rings (SSSR count). The maximum absolute atomic E-state index is 12.1. The van der Waals surface area contributed by atoms with Crippen molar-refractivity contribution in [3.05, 3.63) is 0 Å². The zero-order valence-corrected chi connectivity index (χ0v) is 12.3. The van der Waals surface area contributed by atoms with Gasteiger partial charge in [0.1, 0.15) is 5.54 Å². The summed E-state index contributed by atoms with van der Waals surface area (Å²) in [5.41, 5.74) is -0.606. The predicted octanol–water partition coefficient (Wildman–Crippen LogP) is 0.781. The van der Waals surface area contributed by atoms with E-state index in [9.17, 15) is 4.79 Å². The van der Waals surface area contributed by atoms with Crippen LogP contribution in [0.4, 0.5) is 0 Å². The lowest BCUT2D eigenvalue weighted by Crippen LogP contribution is -2.60. The second-order valence-corrected chi connectivity index (χ2v) is 5.88. The molecule has 1 saturated carbocycles. The summed E-state index contributed by atoms with van der Waals surface area (Å²) in [4.78, 5) is 14.4. The molecule has 1 aliphatic heterocycles. The molecular formula is C14H26N2O3. The van der Waals surface area contributed by atoms with Crippen LogP contribution >= 0.6 is 0 Å². The first kappa shape index (κ1) is 14.8. The largest absolute Gasteiger partial charge is 0.468 e. The van der Waals surface area contributed by atoms with Gasteiger partial charge in [-0.15, -0.1) is 0 Å². The molecule has 0 aromatic rings. The number of hydrogen-bond donors (Lipinski definition) is 1. The minimum Gasteiger partial charge on any atom is -0.468 e. The van der Waals surface area contributed by atoms with Crippen molar-refractivity contribution in [2.24, 2.45) is 0 Å². The third-order valence-electron chi connectivity index (χ3n) is 3.95. The maximum Gasteiger partial charge on any atom is 0.327 e. The lowest BCUT2D eigenvalue weighted by atomic mass is 10.0. The van der Waals surface area contributed by atoms with E-state index in [1.54, 1.807) is 0 Å². The molecule has 0 bridgehead atoms. The summed E-state index contributed by atoms with van der Waals surface area (Å²) in [6.07, 6.45) is 3.62. The molecular weight excluding hydrogens is 244 g/mol. The molecule has 2 atom stereocenters. The van der Waals surface area contributed by atoms with Gasteiger partial charge in [-0.25, -0.2) is 0 Å². The van der Waals surface area contributed by atoms with Crippen LogP contribution in [-0.2, 0) is 14.3 Å². The molecule has 0 radical (unpaired) electrons. The molecule has 5 nitrogen and oxygen atoms in total. The zero-order chi connectivity index (χ0) is 13.9. The van der Waals surface area contributed by atoms with Gasteiger partial charge in [0, 0.05) is 25.7 Å². The van der Waals surface area contributed by atoms with Gasteiger partial charge >= 0.3 is 5.97 Å². The van der Waals surface area contributed by atoms with Gasteiger partial charge in [0.25, 0.3) is 0 Å². The Kier molecular flexibility index (Phi) is 4.81. The fourth-order valence-corrected chi connectivity index (χ4v) is 2.69. The Bertz CT molecular complexity index is 320. The molecule has 5 heteroatoms. The van der Waals surface area contributed by atoms with Crippen LogP contribution in [0.3, 0.4) is 0 Å². The molecule has 1 aliphatic carbocycles. The van der Waals surface area contributed by atoms with E-state index in [0.29, 0.717) is 12.6 Å². The van der Waals surface area contributed by atoms with Crippen molar-refractivity contribution in [3.63, 3.8) is 0 Å². The molecule has 0 aromatic carbocycles. The van der Waals surface area contributed by atoms with Gasteiger partial charge in [-0.1, -0.05) is 6.92 Å². The summed E-state index contributed by atoms with van der Waals surface area (Å²) in [6.45, 7) is 7.31. The molecule has 2 fully saturated rings. The first-order chi connectivity index (χ1) is 9.07.